The average Bonchev–Trinajstić information content (AvgIpc) is 2.26. The second-order valence-electron chi connectivity index (χ2n) is 3.22. The van der Waals surface area contributed by atoms with Crippen LogP contribution in [0.5, 0.6) is 0 Å². The Bertz CT molecular complexity index is 264. The van der Waals surface area contributed by atoms with Crippen LogP contribution < -0.4 is 11.1 Å². The first-order chi connectivity index (χ1) is 7.33. The molecule has 0 saturated carbocycles. The number of benzene rings is 1. The van der Waals surface area contributed by atoms with Crippen LogP contribution in [0.1, 0.15) is 5.56 Å². The molecule has 0 aliphatic heterocycles. The summed E-state index contributed by atoms with van der Waals surface area (Å²) < 4.78 is 6.58. The molecule has 0 aliphatic carbocycles. The van der Waals surface area contributed by atoms with E-state index in [4.69, 9.17) is 10.5 Å². The lowest BCUT2D eigenvalue weighted by Gasteiger charge is -2.05. The van der Waals surface area contributed by atoms with Gasteiger partial charge < -0.3 is 15.8 Å². The predicted octanol–water partition coefficient (Wildman–Crippen LogP) is 1.51. The van der Waals surface area contributed by atoms with Gasteiger partial charge in [0, 0.05) is 24.1 Å². The maximum atomic E-state index is 5.49. The van der Waals surface area contributed by atoms with E-state index in [1.54, 1.807) is 0 Å². The number of nitrogens with one attached hydrogen (secondary N) is 1. The lowest BCUT2D eigenvalue weighted by Crippen LogP contribution is -2.25. The molecule has 0 radical (unpaired) electrons. The van der Waals surface area contributed by atoms with E-state index in [9.17, 15) is 0 Å². The molecule has 1 rings (SSSR count). The van der Waals surface area contributed by atoms with Crippen molar-refractivity contribution in [3.63, 3.8) is 0 Å². The first kappa shape index (κ1) is 12.6. The van der Waals surface area contributed by atoms with Crippen molar-refractivity contribution in [1.29, 1.82) is 0 Å². The molecule has 0 atom stereocenters. The molecule has 15 heavy (non-hydrogen) atoms. The third kappa shape index (κ3) is 5.89. The van der Waals surface area contributed by atoms with E-state index in [0.717, 1.165) is 24.2 Å². The fourth-order valence-electron chi connectivity index (χ4n) is 1.14. The van der Waals surface area contributed by atoms with Crippen LogP contribution in [0.25, 0.3) is 0 Å². The van der Waals surface area contributed by atoms with E-state index < -0.39 is 0 Å². The zero-order chi connectivity index (χ0) is 10.9. The molecule has 84 valence electrons. The summed E-state index contributed by atoms with van der Waals surface area (Å²) in [6.45, 7) is 3.76. The van der Waals surface area contributed by atoms with E-state index in [2.05, 4.69) is 33.4 Å². The van der Waals surface area contributed by atoms with Crippen molar-refractivity contribution in [2.75, 3.05) is 26.2 Å². The van der Waals surface area contributed by atoms with Gasteiger partial charge in [-0.15, -0.1) is 0 Å². The van der Waals surface area contributed by atoms with E-state index in [-0.39, 0.29) is 0 Å². The smallest absolute Gasteiger partial charge is 0.0717 e. The van der Waals surface area contributed by atoms with Gasteiger partial charge >= 0.3 is 0 Å². The standard InChI is InChI=1S/C11H17BrN2O/c12-11-3-1-10(2-4-11)9-15-8-7-14-6-5-13/h1-4,14H,5-9,13H2. The summed E-state index contributed by atoms with van der Waals surface area (Å²) in [7, 11) is 0. The van der Waals surface area contributed by atoms with Crippen molar-refractivity contribution in [2.24, 2.45) is 5.73 Å². The molecule has 0 bridgehead atoms. The van der Waals surface area contributed by atoms with Crippen molar-refractivity contribution < 1.29 is 4.74 Å². The highest BCUT2D eigenvalue weighted by atomic mass is 79.9. The molecule has 4 heteroatoms. The molecule has 1 aromatic carbocycles. The Kier molecular flexibility index (Phi) is 6.59. The van der Waals surface area contributed by atoms with Crippen molar-refractivity contribution >= 4 is 15.9 Å². The van der Waals surface area contributed by atoms with Crippen molar-refractivity contribution in [2.45, 2.75) is 6.61 Å². The minimum absolute atomic E-state index is 0.664. The number of nitrogens with two attached hydrogens (primary N) is 1. The summed E-state index contributed by atoms with van der Waals surface area (Å²) in [5.74, 6) is 0. The molecule has 0 unspecified atom stereocenters. The third-order valence-corrected chi connectivity index (χ3v) is 2.45. The van der Waals surface area contributed by atoms with Gasteiger partial charge in [-0.25, -0.2) is 0 Å². The Labute approximate surface area is 99.1 Å². The summed E-state index contributed by atoms with van der Waals surface area (Å²) >= 11 is 3.39. The van der Waals surface area contributed by atoms with Gasteiger partial charge in [0.15, 0.2) is 0 Å². The molecule has 0 fully saturated rings. The molecule has 0 spiro atoms. The van der Waals surface area contributed by atoms with Crippen LogP contribution in [-0.4, -0.2) is 26.2 Å². The summed E-state index contributed by atoms with van der Waals surface area (Å²) in [5.41, 5.74) is 6.53. The SMILES string of the molecule is NCCNCCOCc1ccc(Br)cc1. The average molecular weight is 273 g/mol. The maximum absolute atomic E-state index is 5.49. The van der Waals surface area contributed by atoms with Crippen LogP contribution in [0.3, 0.4) is 0 Å². The molecule has 0 amide bonds. The van der Waals surface area contributed by atoms with Crippen molar-refractivity contribution in [1.82, 2.24) is 5.32 Å². The minimum Gasteiger partial charge on any atom is -0.375 e. The van der Waals surface area contributed by atoms with Crippen LogP contribution in [0.15, 0.2) is 28.7 Å². The molecule has 0 heterocycles. The van der Waals surface area contributed by atoms with E-state index >= 15 is 0 Å². The fourth-order valence-corrected chi connectivity index (χ4v) is 1.41. The number of hydrogen-bond acceptors (Lipinski definition) is 3. The molecule has 0 aliphatic rings. The molecule has 3 N–H and O–H groups in total. The van der Waals surface area contributed by atoms with Crippen molar-refractivity contribution in [3.05, 3.63) is 34.3 Å². The van der Waals surface area contributed by atoms with Gasteiger partial charge in [-0.1, -0.05) is 28.1 Å². The Morgan fingerprint density at radius 2 is 1.93 bits per heavy atom. The van der Waals surface area contributed by atoms with Crippen LogP contribution in [0.4, 0.5) is 0 Å². The number of rotatable bonds is 7. The Morgan fingerprint density at radius 1 is 1.20 bits per heavy atom. The van der Waals surface area contributed by atoms with E-state index in [1.807, 2.05) is 12.1 Å². The summed E-state index contributed by atoms with van der Waals surface area (Å²) in [4.78, 5) is 0. The first-order valence-electron chi connectivity index (χ1n) is 5.06. The zero-order valence-electron chi connectivity index (χ0n) is 8.71. The van der Waals surface area contributed by atoms with E-state index in [0.29, 0.717) is 13.2 Å². The molecule has 1 aromatic rings. The van der Waals surface area contributed by atoms with Crippen LogP contribution in [0, 0.1) is 0 Å². The lowest BCUT2D eigenvalue weighted by molar-refractivity contribution is 0.123. The second-order valence-corrected chi connectivity index (χ2v) is 4.13. The van der Waals surface area contributed by atoms with Gasteiger partial charge in [0.1, 0.15) is 0 Å². The third-order valence-electron chi connectivity index (χ3n) is 1.93. The molecule has 0 saturated heterocycles. The van der Waals surface area contributed by atoms with Crippen molar-refractivity contribution in [3.8, 4) is 0 Å². The highest BCUT2D eigenvalue weighted by molar-refractivity contribution is 9.10. The number of ether oxygens (including phenoxy) is 1. The Balaban J connectivity index is 2.07. The van der Waals surface area contributed by atoms with Gasteiger partial charge in [-0.3, -0.25) is 0 Å². The summed E-state index contributed by atoms with van der Waals surface area (Å²) in [5, 5.41) is 3.17. The first-order valence-corrected chi connectivity index (χ1v) is 5.85. The monoisotopic (exact) mass is 272 g/mol. The van der Waals surface area contributed by atoms with E-state index in [1.165, 1.54) is 5.56 Å². The fraction of sp³-hybridized carbons (Fsp3) is 0.455. The summed E-state index contributed by atoms with van der Waals surface area (Å²) in [6.07, 6.45) is 0. The predicted molar refractivity (Wildman–Crippen MR) is 65.7 cm³/mol. The summed E-state index contributed by atoms with van der Waals surface area (Å²) in [6, 6.07) is 8.14. The number of halogens is 1. The Hall–Kier alpha value is -0.420. The van der Waals surface area contributed by atoms with Crippen LogP contribution >= 0.6 is 15.9 Å². The number of hydrogen-bond donors (Lipinski definition) is 2. The molecular weight excluding hydrogens is 256 g/mol. The van der Waals surface area contributed by atoms with Gasteiger partial charge in [-0.05, 0) is 17.7 Å². The Morgan fingerprint density at radius 3 is 2.60 bits per heavy atom. The van der Waals surface area contributed by atoms with Gasteiger partial charge in [0.2, 0.25) is 0 Å². The zero-order valence-corrected chi connectivity index (χ0v) is 10.3. The second kappa shape index (κ2) is 7.82. The maximum Gasteiger partial charge on any atom is 0.0717 e. The van der Waals surface area contributed by atoms with Gasteiger partial charge in [0.25, 0.3) is 0 Å². The topological polar surface area (TPSA) is 47.3 Å². The highest BCUT2D eigenvalue weighted by Crippen LogP contribution is 2.10. The molecular formula is C11H17BrN2O. The van der Waals surface area contributed by atoms with Crippen LogP contribution in [-0.2, 0) is 11.3 Å². The highest BCUT2D eigenvalue weighted by Gasteiger charge is 1.93. The minimum atomic E-state index is 0.664. The normalized spacial score (nSPS) is 10.5. The van der Waals surface area contributed by atoms with Gasteiger partial charge in [-0.2, -0.15) is 0 Å². The quantitative estimate of drug-likeness (QED) is 0.740. The molecule has 3 nitrogen and oxygen atoms in total. The lowest BCUT2D eigenvalue weighted by atomic mass is 10.2. The van der Waals surface area contributed by atoms with Crippen LogP contribution in [0.2, 0.25) is 0 Å². The molecule has 0 aromatic heterocycles. The largest absolute Gasteiger partial charge is 0.375 e. The van der Waals surface area contributed by atoms with Gasteiger partial charge in [0.05, 0.1) is 13.2 Å².